The van der Waals surface area contributed by atoms with Gasteiger partial charge < -0.3 is 20.1 Å². The molecule has 1 unspecified atom stereocenters. The summed E-state index contributed by atoms with van der Waals surface area (Å²) in [5, 5.41) is 5.19. The Labute approximate surface area is 200 Å². The van der Waals surface area contributed by atoms with Gasteiger partial charge in [0.05, 0.1) is 7.11 Å². The zero-order chi connectivity index (χ0) is 25.5. The number of carbonyl (C=O) groups excluding carboxylic acids is 3. The van der Waals surface area contributed by atoms with Crippen LogP contribution in [0.4, 0.5) is 10.5 Å². The monoisotopic (exact) mass is 465 g/mol. The fraction of sp³-hybridized carbons (Fsp3) is 0.346. The predicted octanol–water partition coefficient (Wildman–Crippen LogP) is 3.94. The van der Waals surface area contributed by atoms with Crippen LogP contribution >= 0.6 is 0 Å². The molecule has 0 aliphatic rings. The molecule has 2 aromatic rings. The maximum absolute atomic E-state index is 13.4. The SMILES string of the molecule is C#CN(C(=O)CNC(=O)OC(C)(C)C)C(C(=O)Nc1ccc(OC)cc1)c1cc(C)cc(C)c1. The number of aryl methyl sites for hydroxylation is 2. The standard InChI is InChI=1S/C26H31N3O5/c1-8-29(22(30)16-27-25(32)34-26(4,5)6)23(19-14-17(2)13-18(3)15-19)24(31)28-20-9-11-21(33-7)12-10-20/h1,9-15,23H,16H2,2-7H3,(H,27,32)(H,28,31). The fourth-order valence-electron chi connectivity index (χ4n) is 3.31. The number of methoxy groups -OCH3 is 1. The maximum Gasteiger partial charge on any atom is 0.408 e. The molecule has 0 aliphatic carbocycles. The third kappa shape index (κ3) is 7.55. The van der Waals surface area contributed by atoms with E-state index >= 15 is 0 Å². The number of alkyl carbamates (subject to hydrolysis) is 1. The summed E-state index contributed by atoms with van der Waals surface area (Å²) in [5.74, 6) is -0.501. The van der Waals surface area contributed by atoms with Gasteiger partial charge in [0.15, 0.2) is 0 Å². The number of rotatable bonds is 7. The van der Waals surface area contributed by atoms with Gasteiger partial charge in [-0.3, -0.25) is 14.5 Å². The van der Waals surface area contributed by atoms with Gasteiger partial charge >= 0.3 is 6.09 Å². The molecule has 8 heteroatoms. The molecule has 34 heavy (non-hydrogen) atoms. The van der Waals surface area contributed by atoms with Crippen LogP contribution in [-0.4, -0.2) is 42.1 Å². The van der Waals surface area contributed by atoms with E-state index in [2.05, 4.69) is 16.7 Å². The number of ether oxygens (including phenoxy) is 2. The first-order valence-electron chi connectivity index (χ1n) is 10.7. The minimum atomic E-state index is -1.13. The molecule has 2 rings (SSSR count). The number of hydrogen-bond donors (Lipinski definition) is 2. The Hall–Kier alpha value is -3.99. The smallest absolute Gasteiger partial charge is 0.408 e. The number of amides is 3. The second kappa shape index (κ2) is 11.2. The first-order chi connectivity index (χ1) is 15.9. The van der Waals surface area contributed by atoms with Gasteiger partial charge in [0.1, 0.15) is 23.9 Å². The Morgan fingerprint density at radius 1 is 1.06 bits per heavy atom. The van der Waals surface area contributed by atoms with Crippen molar-refractivity contribution in [3.8, 4) is 18.2 Å². The van der Waals surface area contributed by atoms with Crippen LogP contribution in [0.2, 0.25) is 0 Å². The molecule has 2 aromatic carbocycles. The number of anilines is 1. The molecule has 0 bridgehead atoms. The summed E-state index contributed by atoms with van der Waals surface area (Å²) in [6.45, 7) is 8.48. The number of benzene rings is 2. The van der Waals surface area contributed by atoms with E-state index in [9.17, 15) is 14.4 Å². The predicted molar refractivity (Wildman–Crippen MR) is 130 cm³/mol. The lowest BCUT2D eigenvalue weighted by Gasteiger charge is -2.27. The molecule has 0 saturated heterocycles. The van der Waals surface area contributed by atoms with E-state index in [1.165, 1.54) is 0 Å². The van der Waals surface area contributed by atoms with Crippen LogP contribution in [0.15, 0.2) is 42.5 Å². The zero-order valence-electron chi connectivity index (χ0n) is 20.4. The third-order valence-corrected chi connectivity index (χ3v) is 4.61. The minimum absolute atomic E-state index is 0.434. The number of carbonyl (C=O) groups is 3. The highest BCUT2D eigenvalue weighted by molar-refractivity contribution is 5.99. The molecule has 0 fully saturated rings. The van der Waals surface area contributed by atoms with Gasteiger partial charge in [-0.05, 0) is 64.4 Å². The van der Waals surface area contributed by atoms with Crippen LogP contribution in [0.3, 0.4) is 0 Å². The van der Waals surface area contributed by atoms with E-state index < -0.39 is 36.1 Å². The largest absolute Gasteiger partial charge is 0.497 e. The molecule has 0 spiro atoms. The van der Waals surface area contributed by atoms with Crippen molar-refractivity contribution in [2.24, 2.45) is 0 Å². The van der Waals surface area contributed by atoms with Gasteiger partial charge in [0.2, 0.25) is 0 Å². The van der Waals surface area contributed by atoms with Crippen LogP contribution in [0.1, 0.15) is 43.5 Å². The van der Waals surface area contributed by atoms with Crippen molar-refractivity contribution in [1.29, 1.82) is 0 Å². The Morgan fingerprint density at radius 2 is 1.65 bits per heavy atom. The van der Waals surface area contributed by atoms with Gasteiger partial charge in [-0.1, -0.05) is 35.7 Å². The number of hydrogen-bond acceptors (Lipinski definition) is 5. The molecule has 0 aromatic heterocycles. The molecule has 2 N–H and O–H groups in total. The number of terminal acetylenes is 1. The quantitative estimate of drug-likeness (QED) is 0.477. The van der Waals surface area contributed by atoms with Crippen molar-refractivity contribution in [2.45, 2.75) is 46.3 Å². The van der Waals surface area contributed by atoms with Gasteiger partial charge in [0, 0.05) is 11.7 Å². The van der Waals surface area contributed by atoms with Crippen LogP contribution < -0.4 is 15.4 Å². The topological polar surface area (TPSA) is 97.0 Å². The van der Waals surface area contributed by atoms with Gasteiger partial charge in [-0.25, -0.2) is 4.79 Å². The van der Waals surface area contributed by atoms with Gasteiger partial charge in [-0.2, -0.15) is 0 Å². The van der Waals surface area contributed by atoms with Crippen LogP contribution in [0.25, 0.3) is 0 Å². The average molecular weight is 466 g/mol. The number of nitrogens with one attached hydrogen (secondary N) is 2. The molecule has 1 atom stereocenters. The lowest BCUT2D eigenvalue weighted by atomic mass is 9.99. The van der Waals surface area contributed by atoms with Crippen molar-refractivity contribution >= 4 is 23.6 Å². The first-order valence-corrected chi connectivity index (χ1v) is 10.7. The summed E-state index contributed by atoms with van der Waals surface area (Å²) in [6.07, 6.45) is 4.92. The summed E-state index contributed by atoms with van der Waals surface area (Å²) in [5.41, 5.74) is 2.16. The van der Waals surface area contributed by atoms with Gasteiger partial charge in [0.25, 0.3) is 11.8 Å². The van der Waals surface area contributed by atoms with E-state index in [1.54, 1.807) is 64.3 Å². The molecule has 0 aliphatic heterocycles. The Bertz CT molecular complexity index is 1060. The summed E-state index contributed by atoms with van der Waals surface area (Å²) in [4.78, 5) is 39.3. The van der Waals surface area contributed by atoms with E-state index in [4.69, 9.17) is 15.9 Å². The Kier molecular flexibility index (Phi) is 8.68. The molecule has 3 amide bonds. The van der Waals surface area contributed by atoms with Crippen LogP contribution in [0.5, 0.6) is 5.75 Å². The molecule has 0 radical (unpaired) electrons. The molecule has 8 nitrogen and oxygen atoms in total. The number of nitrogens with zero attached hydrogens (tertiary/aromatic N) is 1. The Balaban J connectivity index is 2.32. The second-order valence-electron chi connectivity index (χ2n) is 8.79. The highest BCUT2D eigenvalue weighted by atomic mass is 16.6. The summed E-state index contributed by atoms with van der Waals surface area (Å²) in [7, 11) is 1.55. The maximum atomic E-state index is 13.4. The van der Waals surface area contributed by atoms with E-state index in [0.29, 0.717) is 17.0 Å². The van der Waals surface area contributed by atoms with Crippen molar-refractivity contribution in [3.05, 3.63) is 59.2 Å². The molecular weight excluding hydrogens is 434 g/mol. The summed E-state index contributed by atoms with van der Waals surface area (Å²) < 4.78 is 10.3. The lowest BCUT2D eigenvalue weighted by molar-refractivity contribution is -0.134. The van der Waals surface area contributed by atoms with Crippen molar-refractivity contribution in [2.75, 3.05) is 19.0 Å². The first kappa shape index (κ1) is 26.3. The lowest BCUT2D eigenvalue weighted by Crippen LogP contribution is -2.44. The van der Waals surface area contributed by atoms with Crippen molar-refractivity contribution < 1.29 is 23.9 Å². The van der Waals surface area contributed by atoms with E-state index in [-0.39, 0.29) is 0 Å². The second-order valence-corrected chi connectivity index (χ2v) is 8.79. The molecule has 0 heterocycles. The minimum Gasteiger partial charge on any atom is -0.497 e. The highest BCUT2D eigenvalue weighted by Crippen LogP contribution is 2.26. The third-order valence-electron chi connectivity index (χ3n) is 4.61. The van der Waals surface area contributed by atoms with Gasteiger partial charge in [-0.15, -0.1) is 0 Å². The fourth-order valence-corrected chi connectivity index (χ4v) is 3.31. The molecule has 0 saturated carbocycles. The Morgan fingerprint density at radius 3 is 2.15 bits per heavy atom. The summed E-state index contributed by atoms with van der Waals surface area (Å²) in [6, 6.07) is 13.5. The van der Waals surface area contributed by atoms with Crippen LogP contribution in [0, 0.1) is 26.3 Å². The van der Waals surface area contributed by atoms with Crippen LogP contribution in [-0.2, 0) is 14.3 Å². The van der Waals surface area contributed by atoms with Crippen molar-refractivity contribution in [3.63, 3.8) is 0 Å². The molecular formula is C26H31N3O5. The highest BCUT2D eigenvalue weighted by Gasteiger charge is 2.31. The zero-order valence-corrected chi connectivity index (χ0v) is 20.4. The van der Waals surface area contributed by atoms with Crippen molar-refractivity contribution in [1.82, 2.24) is 10.2 Å². The summed E-state index contributed by atoms with van der Waals surface area (Å²) >= 11 is 0. The average Bonchev–Trinajstić information content (AvgIpc) is 2.74. The molecule has 180 valence electrons. The van der Waals surface area contributed by atoms with E-state index in [0.717, 1.165) is 16.0 Å². The van der Waals surface area contributed by atoms with E-state index in [1.807, 2.05) is 19.9 Å². The normalized spacial score (nSPS) is 11.6.